The van der Waals surface area contributed by atoms with Crippen LogP contribution in [0.4, 0.5) is 0 Å². The average Bonchev–Trinajstić information content (AvgIpc) is 2.49. The maximum Gasteiger partial charge on any atom is 0.168 e. The van der Waals surface area contributed by atoms with Crippen LogP contribution in [0.3, 0.4) is 0 Å². The van der Waals surface area contributed by atoms with Gasteiger partial charge in [-0.3, -0.25) is 4.79 Å². The van der Waals surface area contributed by atoms with Crippen LogP contribution in [0.1, 0.15) is 36.4 Å². The summed E-state index contributed by atoms with van der Waals surface area (Å²) in [6, 6.07) is 1.79. The Hall–Kier alpha value is -1.05. The third-order valence-electron chi connectivity index (χ3n) is 2.08. The number of rotatable bonds is 3. The molecule has 0 bridgehead atoms. The van der Waals surface area contributed by atoms with Crippen molar-refractivity contribution in [2.24, 2.45) is 5.92 Å². The molecule has 1 heterocycles. The monoisotopic (exact) mass is 166 g/mol. The van der Waals surface area contributed by atoms with Gasteiger partial charge < -0.3 is 4.42 Å². The molecule has 1 aromatic heterocycles. The van der Waals surface area contributed by atoms with Crippen molar-refractivity contribution in [1.82, 2.24) is 0 Å². The van der Waals surface area contributed by atoms with E-state index in [1.54, 1.807) is 6.07 Å². The van der Waals surface area contributed by atoms with Crippen molar-refractivity contribution < 1.29 is 9.21 Å². The second-order valence-corrected chi connectivity index (χ2v) is 3.12. The summed E-state index contributed by atoms with van der Waals surface area (Å²) in [5, 5.41) is 0. The van der Waals surface area contributed by atoms with Gasteiger partial charge in [0, 0.05) is 5.92 Å². The van der Waals surface area contributed by atoms with Gasteiger partial charge >= 0.3 is 0 Å². The van der Waals surface area contributed by atoms with Crippen molar-refractivity contribution in [3.8, 4) is 0 Å². The fourth-order valence-electron chi connectivity index (χ4n) is 1.04. The summed E-state index contributed by atoms with van der Waals surface area (Å²) in [6.45, 7) is 5.79. The van der Waals surface area contributed by atoms with E-state index in [-0.39, 0.29) is 11.7 Å². The minimum absolute atomic E-state index is 0.0991. The Labute approximate surface area is 72.6 Å². The summed E-state index contributed by atoms with van der Waals surface area (Å²) >= 11 is 0. The first-order chi connectivity index (χ1) is 5.65. The van der Waals surface area contributed by atoms with Crippen LogP contribution >= 0.6 is 0 Å². The molecule has 0 aliphatic heterocycles. The van der Waals surface area contributed by atoms with E-state index in [1.807, 2.05) is 20.8 Å². The minimum atomic E-state index is 0.0991. The fourth-order valence-corrected chi connectivity index (χ4v) is 1.04. The highest BCUT2D eigenvalue weighted by molar-refractivity contribution is 5.97. The molecule has 12 heavy (non-hydrogen) atoms. The maximum atomic E-state index is 11.5. The van der Waals surface area contributed by atoms with Crippen LogP contribution in [0.15, 0.2) is 16.7 Å². The van der Waals surface area contributed by atoms with Gasteiger partial charge in [-0.2, -0.15) is 0 Å². The van der Waals surface area contributed by atoms with E-state index < -0.39 is 0 Å². The Morgan fingerprint density at radius 2 is 2.33 bits per heavy atom. The minimum Gasteiger partial charge on any atom is -0.469 e. The molecule has 2 nitrogen and oxygen atoms in total. The van der Waals surface area contributed by atoms with Crippen molar-refractivity contribution in [2.75, 3.05) is 0 Å². The summed E-state index contributed by atoms with van der Waals surface area (Å²) in [5.41, 5.74) is 0.696. The second-order valence-electron chi connectivity index (χ2n) is 3.12. The molecule has 2 heteroatoms. The molecule has 0 aliphatic rings. The molecule has 1 aromatic rings. The average molecular weight is 166 g/mol. The van der Waals surface area contributed by atoms with Gasteiger partial charge in [0.25, 0.3) is 0 Å². The molecule has 1 rings (SSSR count). The highest BCUT2D eigenvalue weighted by atomic mass is 16.3. The maximum absolute atomic E-state index is 11.5. The van der Waals surface area contributed by atoms with Crippen LogP contribution in [0.25, 0.3) is 0 Å². The van der Waals surface area contributed by atoms with E-state index in [4.69, 9.17) is 4.42 Å². The molecular weight excluding hydrogens is 152 g/mol. The van der Waals surface area contributed by atoms with E-state index in [0.29, 0.717) is 5.56 Å². The van der Waals surface area contributed by atoms with Crippen molar-refractivity contribution in [1.29, 1.82) is 0 Å². The molecule has 66 valence electrons. The summed E-state index contributed by atoms with van der Waals surface area (Å²) in [7, 11) is 0. The van der Waals surface area contributed by atoms with Gasteiger partial charge in [-0.25, -0.2) is 0 Å². The summed E-state index contributed by atoms with van der Waals surface area (Å²) in [6.07, 6.45) is 2.41. The molecule has 1 atom stereocenters. The number of hydrogen-bond acceptors (Lipinski definition) is 2. The molecular formula is C10H14O2. The van der Waals surface area contributed by atoms with Gasteiger partial charge in [0.1, 0.15) is 12.0 Å². The highest BCUT2D eigenvalue weighted by Crippen LogP contribution is 2.14. The first-order valence-corrected chi connectivity index (χ1v) is 4.24. The molecule has 0 amide bonds. The third-order valence-corrected chi connectivity index (χ3v) is 2.08. The molecule has 0 spiro atoms. The summed E-state index contributed by atoms with van der Waals surface area (Å²) < 4.78 is 5.06. The van der Waals surface area contributed by atoms with E-state index in [1.165, 1.54) is 6.26 Å². The van der Waals surface area contributed by atoms with Gasteiger partial charge in [0.2, 0.25) is 0 Å². The van der Waals surface area contributed by atoms with E-state index in [0.717, 1.165) is 12.2 Å². The van der Waals surface area contributed by atoms with E-state index >= 15 is 0 Å². The number of ketones is 1. The van der Waals surface area contributed by atoms with Gasteiger partial charge in [-0.15, -0.1) is 0 Å². The molecule has 0 N–H and O–H groups in total. The van der Waals surface area contributed by atoms with Crippen molar-refractivity contribution in [2.45, 2.75) is 27.2 Å². The smallest absolute Gasteiger partial charge is 0.168 e. The van der Waals surface area contributed by atoms with Crippen LogP contribution in [-0.2, 0) is 0 Å². The first kappa shape index (κ1) is 9.04. The quantitative estimate of drug-likeness (QED) is 0.646. The number of hydrogen-bond donors (Lipinski definition) is 0. The van der Waals surface area contributed by atoms with Crippen LogP contribution in [-0.4, -0.2) is 5.78 Å². The third kappa shape index (κ3) is 1.76. The molecule has 1 unspecified atom stereocenters. The Kier molecular flexibility index (Phi) is 2.69. The van der Waals surface area contributed by atoms with Crippen LogP contribution in [0.2, 0.25) is 0 Å². The zero-order valence-electron chi connectivity index (χ0n) is 7.76. The molecule has 0 saturated carbocycles. The topological polar surface area (TPSA) is 30.2 Å². The summed E-state index contributed by atoms with van der Waals surface area (Å²) in [4.78, 5) is 11.5. The Bertz CT molecular complexity index is 273. The molecule has 0 fully saturated rings. The Morgan fingerprint density at radius 3 is 2.75 bits per heavy atom. The number of aryl methyl sites for hydroxylation is 1. The Balaban J connectivity index is 2.78. The second kappa shape index (κ2) is 3.57. The van der Waals surface area contributed by atoms with E-state index in [2.05, 4.69) is 0 Å². The van der Waals surface area contributed by atoms with Gasteiger partial charge in [-0.05, 0) is 19.4 Å². The lowest BCUT2D eigenvalue weighted by atomic mass is 9.99. The lowest BCUT2D eigenvalue weighted by molar-refractivity contribution is 0.0926. The normalized spacial score (nSPS) is 12.9. The van der Waals surface area contributed by atoms with Crippen LogP contribution < -0.4 is 0 Å². The van der Waals surface area contributed by atoms with Gasteiger partial charge in [-0.1, -0.05) is 13.8 Å². The van der Waals surface area contributed by atoms with Crippen LogP contribution in [0.5, 0.6) is 0 Å². The van der Waals surface area contributed by atoms with Gasteiger partial charge in [0.05, 0.1) is 5.56 Å². The Morgan fingerprint density at radius 1 is 1.67 bits per heavy atom. The highest BCUT2D eigenvalue weighted by Gasteiger charge is 2.14. The number of carbonyl (C=O) groups is 1. The largest absolute Gasteiger partial charge is 0.469 e. The van der Waals surface area contributed by atoms with Crippen molar-refractivity contribution in [3.63, 3.8) is 0 Å². The number of furan rings is 1. The van der Waals surface area contributed by atoms with Crippen molar-refractivity contribution >= 4 is 5.78 Å². The van der Waals surface area contributed by atoms with Gasteiger partial charge in [0.15, 0.2) is 5.78 Å². The number of Topliss-reactive ketones (excluding diaryl/α,β-unsaturated/α-hetero) is 1. The lowest BCUT2D eigenvalue weighted by Crippen LogP contribution is -2.08. The summed E-state index contributed by atoms with van der Waals surface area (Å²) in [5.74, 6) is 1.07. The van der Waals surface area contributed by atoms with Crippen LogP contribution in [0, 0.1) is 12.8 Å². The first-order valence-electron chi connectivity index (χ1n) is 4.24. The molecule has 0 radical (unpaired) electrons. The molecule has 0 aromatic carbocycles. The fraction of sp³-hybridized carbons (Fsp3) is 0.500. The zero-order chi connectivity index (χ0) is 9.14. The van der Waals surface area contributed by atoms with Crippen molar-refractivity contribution in [3.05, 3.63) is 23.7 Å². The molecule has 0 aliphatic carbocycles. The standard InChI is InChI=1S/C10H14O2/c1-4-7(2)10(11)9-5-8(3)12-6-9/h5-7H,4H2,1-3H3. The zero-order valence-corrected chi connectivity index (χ0v) is 7.76. The number of carbonyl (C=O) groups excluding carboxylic acids is 1. The van der Waals surface area contributed by atoms with E-state index in [9.17, 15) is 4.79 Å². The molecule has 0 saturated heterocycles. The lowest BCUT2D eigenvalue weighted by Gasteiger charge is -2.03. The predicted molar refractivity (Wildman–Crippen MR) is 47.2 cm³/mol. The predicted octanol–water partition coefficient (Wildman–Crippen LogP) is 2.82. The SMILES string of the molecule is CCC(C)C(=O)c1coc(C)c1.